The van der Waals surface area contributed by atoms with Crippen molar-refractivity contribution in [2.24, 2.45) is 5.73 Å². The number of hydrogen-bond donors (Lipinski definition) is 9. The van der Waals surface area contributed by atoms with E-state index in [2.05, 4.69) is 61.1 Å². The Bertz CT molecular complexity index is 924. The number of aromatic nitrogens is 4. The molecule has 3 amide bonds. The lowest BCUT2D eigenvalue weighted by atomic mass is 10.1. The second-order valence-corrected chi connectivity index (χ2v) is 7.79. The van der Waals surface area contributed by atoms with Gasteiger partial charge in [-0.05, 0) is 0 Å². The van der Waals surface area contributed by atoms with Gasteiger partial charge in [0.15, 0.2) is 0 Å². The van der Waals surface area contributed by atoms with Gasteiger partial charge in [0.05, 0.1) is 18.7 Å². The van der Waals surface area contributed by atoms with Crippen LogP contribution in [0, 0.1) is 0 Å². The number of rotatable bonds is 13. The molecule has 0 radical (unpaired) electrons. The van der Waals surface area contributed by atoms with Gasteiger partial charge >= 0.3 is 5.97 Å². The van der Waals surface area contributed by atoms with E-state index in [1.54, 1.807) is 0 Å². The van der Waals surface area contributed by atoms with E-state index < -0.39 is 47.9 Å². The maximum Gasteiger partial charge on any atom is 0.327 e. The molecule has 0 saturated carbocycles. The smallest absolute Gasteiger partial charge is 0.327 e. The van der Waals surface area contributed by atoms with Gasteiger partial charge in [-0.15, -0.1) is 0 Å². The maximum atomic E-state index is 12.9. The van der Waals surface area contributed by atoms with Crippen LogP contribution in [-0.4, -0.2) is 84.4 Å². The molecular formula is C18H26N8O5S2. The standard InChI is InChI=1S/C18H26N8O5S2/c19-11(1-9-3-20-7-22-9)15(27)24-12(2-10-4-21-8-23-10)16(28)25-13(5-32)17(29)26-14(6-33)18(30)31/h3-4,7-8,11-14,32-33H,1-2,5-6,19H2,(H,20,22)(H,21,23)(H,24,27)(H,25,28)(H,26,29)(H,30,31). The Labute approximate surface area is 199 Å². The Morgan fingerprint density at radius 3 is 1.82 bits per heavy atom. The Hall–Kier alpha value is -3.04. The van der Waals surface area contributed by atoms with E-state index >= 15 is 0 Å². The Morgan fingerprint density at radius 2 is 1.33 bits per heavy atom. The summed E-state index contributed by atoms with van der Waals surface area (Å²) in [6.07, 6.45) is 6.12. The van der Waals surface area contributed by atoms with Crippen molar-refractivity contribution in [1.82, 2.24) is 35.9 Å². The highest BCUT2D eigenvalue weighted by atomic mass is 32.1. The van der Waals surface area contributed by atoms with Gasteiger partial charge in [-0.25, -0.2) is 14.8 Å². The highest BCUT2D eigenvalue weighted by molar-refractivity contribution is 7.80. The van der Waals surface area contributed by atoms with E-state index in [1.165, 1.54) is 25.0 Å². The summed E-state index contributed by atoms with van der Waals surface area (Å²) in [5, 5.41) is 16.4. The lowest BCUT2D eigenvalue weighted by molar-refractivity contribution is -0.141. The molecule has 4 unspecified atom stereocenters. The molecule has 0 saturated heterocycles. The molecule has 33 heavy (non-hydrogen) atoms. The van der Waals surface area contributed by atoms with Crippen LogP contribution < -0.4 is 21.7 Å². The Balaban J connectivity index is 2.08. The molecule has 2 aromatic rings. The van der Waals surface area contributed by atoms with E-state index in [9.17, 15) is 19.2 Å². The third kappa shape index (κ3) is 8.11. The number of nitrogens with zero attached hydrogens (tertiary/aromatic N) is 2. The van der Waals surface area contributed by atoms with Gasteiger partial charge in [0.2, 0.25) is 17.7 Å². The lowest BCUT2D eigenvalue weighted by Crippen LogP contribution is -2.58. The van der Waals surface area contributed by atoms with Crippen LogP contribution in [0.5, 0.6) is 0 Å². The molecule has 15 heteroatoms. The summed E-state index contributed by atoms with van der Waals surface area (Å²) in [5.41, 5.74) is 7.16. The van der Waals surface area contributed by atoms with Gasteiger partial charge < -0.3 is 36.8 Å². The number of carboxylic acid groups (broad SMARTS) is 1. The number of carbonyl (C=O) groups excluding carboxylic acids is 3. The average Bonchev–Trinajstić information content (AvgIpc) is 3.48. The van der Waals surface area contributed by atoms with Gasteiger partial charge in [0.1, 0.15) is 18.1 Å². The van der Waals surface area contributed by atoms with Crippen molar-refractivity contribution < 1.29 is 24.3 Å². The topological polar surface area (TPSA) is 208 Å². The molecule has 2 heterocycles. The van der Waals surface area contributed by atoms with Crippen molar-refractivity contribution in [3.05, 3.63) is 36.4 Å². The largest absolute Gasteiger partial charge is 0.480 e. The van der Waals surface area contributed by atoms with Crippen LogP contribution in [0.3, 0.4) is 0 Å². The number of thiol groups is 2. The quantitative estimate of drug-likeness (QED) is 0.136. The van der Waals surface area contributed by atoms with E-state index in [0.717, 1.165) is 0 Å². The SMILES string of the molecule is NC(Cc1cnc[nH]1)C(=O)NC(Cc1cnc[nH]1)C(=O)NC(CS)C(=O)NC(CS)C(=O)O. The van der Waals surface area contributed by atoms with E-state index in [4.69, 9.17) is 10.8 Å². The zero-order chi connectivity index (χ0) is 24.4. The zero-order valence-corrected chi connectivity index (χ0v) is 19.2. The van der Waals surface area contributed by atoms with Gasteiger partial charge in [-0.2, -0.15) is 25.3 Å². The maximum absolute atomic E-state index is 12.9. The highest BCUT2D eigenvalue weighted by Gasteiger charge is 2.30. The number of aliphatic carboxylic acids is 1. The van der Waals surface area contributed by atoms with Crippen LogP contribution >= 0.6 is 25.3 Å². The second-order valence-electron chi connectivity index (χ2n) is 7.06. The second kappa shape index (κ2) is 12.9. The minimum atomic E-state index is -1.27. The van der Waals surface area contributed by atoms with Crippen LogP contribution in [0.15, 0.2) is 25.0 Å². The van der Waals surface area contributed by atoms with Crippen LogP contribution in [0.25, 0.3) is 0 Å². The first-order valence-corrected chi connectivity index (χ1v) is 11.1. The monoisotopic (exact) mass is 498 g/mol. The molecule has 4 atom stereocenters. The number of hydrogen-bond acceptors (Lipinski definition) is 9. The Kier molecular flexibility index (Phi) is 10.2. The minimum Gasteiger partial charge on any atom is -0.480 e. The summed E-state index contributed by atoms with van der Waals surface area (Å²) in [4.78, 5) is 62.6. The predicted molar refractivity (Wildman–Crippen MR) is 124 cm³/mol. The summed E-state index contributed by atoms with van der Waals surface area (Å²) in [6.45, 7) is 0. The van der Waals surface area contributed by atoms with Crippen molar-refractivity contribution in [2.75, 3.05) is 11.5 Å². The highest BCUT2D eigenvalue weighted by Crippen LogP contribution is 2.03. The van der Waals surface area contributed by atoms with Gasteiger partial charge in [0.25, 0.3) is 0 Å². The molecule has 2 aromatic heterocycles. The molecule has 8 N–H and O–H groups in total. The van der Waals surface area contributed by atoms with E-state index in [1.807, 2.05) is 0 Å². The fourth-order valence-electron chi connectivity index (χ4n) is 2.75. The zero-order valence-electron chi connectivity index (χ0n) is 17.4. The number of carbonyl (C=O) groups is 4. The summed E-state index contributed by atoms with van der Waals surface area (Å²) in [7, 11) is 0. The number of imidazole rings is 2. The van der Waals surface area contributed by atoms with Gasteiger partial charge in [0, 0.05) is 48.1 Å². The average molecular weight is 499 g/mol. The third-order valence-electron chi connectivity index (χ3n) is 4.56. The van der Waals surface area contributed by atoms with Crippen LogP contribution in [-0.2, 0) is 32.0 Å². The molecule has 0 fully saturated rings. The summed E-state index contributed by atoms with van der Waals surface area (Å²) in [5.74, 6) is -3.53. The van der Waals surface area contributed by atoms with Gasteiger partial charge in [-0.3, -0.25) is 14.4 Å². The van der Waals surface area contributed by atoms with Crippen LogP contribution in [0.2, 0.25) is 0 Å². The number of H-pyrrole nitrogens is 2. The fraction of sp³-hybridized carbons (Fsp3) is 0.444. The van der Waals surface area contributed by atoms with Crippen LogP contribution in [0.4, 0.5) is 0 Å². The number of aromatic amines is 2. The van der Waals surface area contributed by atoms with Crippen LogP contribution in [0.1, 0.15) is 11.4 Å². The van der Waals surface area contributed by atoms with Crippen molar-refractivity contribution in [3.8, 4) is 0 Å². The lowest BCUT2D eigenvalue weighted by Gasteiger charge is -2.24. The molecule has 0 spiro atoms. The molecule has 2 rings (SSSR count). The molecule has 0 aliphatic rings. The first-order chi connectivity index (χ1) is 15.7. The molecule has 180 valence electrons. The number of nitrogens with two attached hydrogens (primary N) is 1. The first-order valence-electron chi connectivity index (χ1n) is 9.80. The fourth-order valence-corrected chi connectivity index (χ4v) is 3.26. The summed E-state index contributed by atoms with van der Waals surface area (Å²) in [6, 6.07) is -4.44. The van der Waals surface area contributed by atoms with Gasteiger partial charge in [-0.1, -0.05) is 0 Å². The number of carboxylic acids is 1. The van der Waals surface area contributed by atoms with Crippen molar-refractivity contribution in [3.63, 3.8) is 0 Å². The summed E-state index contributed by atoms with van der Waals surface area (Å²) >= 11 is 7.96. The predicted octanol–water partition coefficient (Wildman–Crippen LogP) is -2.36. The Morgan fingerprint density at radius 1 is 0.848 bits per heavy atom. The number of nitrogens with one attached hydrogen (secondary N) is 5. The van der Waals surface area contributed by atoms with E-state index in [0.29, 0.717) is 11.4 Å². The summed E-state index contributed by atoms with van der Waals surface area (Å²) < 4.78 is 0. The third-order valence-corrected chi connectivity index (χ3v) is 5.29. The van der Waals surface area contributed by atoms with Crippen molar-refractivity contribution in [1.29, 1.82) is 0 Å². The normalized spacial score (nSPS) is 14.5. The molecular weight excluding hydrogens is 472 g/mol. The number of amides is 3. The molecule has 0 bridgehead atoms. The molecule has 0 aliphatic heterocycles. The molecule has 0 aromatic carbocycles. The molecule has 0 aliphatic carbocycles. The molecule has 13 nitrogen and oxygen atoms in total. The first kappa shape index (κ1) is 26.2. The van der Waals surface area contributed by atoms with E-state index in [-0.39, 0.29) is 24.3 Å². The van der Waals surface area contributed by atoms with Crippen molar-refractivity contribution >= 4 is 48.9 Å². The van der Waals surface area contributed by atoms with Crippen molar-refractivity contribution in [2.45, 2.75) is 37.0 Å². The minimum absolute atomic E-state index is 0.0453.